The first-order valence-corrected chi connectivity index (χ1v) is 6.79. The summed E-state index contributed by atoms with van der Waals surface area (Å²) < 4.78 is 5.15. The Kier molecular flexibility index (Phi) is 4.66. The fraction of sp³-hybridized carbons (Fsp3) is 0.500. The van der Waals surface area contributed by atoms with E-state index in [2.05, 4.69) is 5.32 Å². The molecule has 5 heteroatoms. The quantitative estimate of drug-likeness (QED) is 0.891. The molecule has 1 aliphatic rings. The summed E-state index contributed by atoms with van der Waals surface area (Å²) in [7, 11) is 1.51. The molecule has 0 aromatic heterocycles. The first-order chi connectivity index (χ1) is 9.11. The summed E-state index contributed by atoms with van der Waals surface area (Å²) in [5.74, 6) is 0.418. The number of halogens is 1. The first-order valence-electron chi connectivity index (χ1n) is 6.41. The van der Waals surface area contributed by atoms with Crippen LogP contribution in [-0.2, 0) is 0 Å². The average Bonchev–Trinajstić information content (AvgIpc) is 2.81. The highest BCUT2D eigenvalue weighted by Gasteiger charge is 2.25. The molecule has 0 spiro atoms. The number of nitrogens with one attached hydrogen (secondary N) is 1. The molecule has 19 heavy (non-hydrogen) atoms. The second-order valence-electron chi connectivity index (χ2n) is 4.81. The molecule has 0 aliphatic heterocycles. The summed E-state index contributed by atoms with van der Waals surface area (Å²) in [6.45, 7) is 0.482. The van der Waals surface area contributed by atoms with Crippen LogP contribution in [0, 0.1) is 5.92 Å². The number of aliphatic hydroxyl groups excluding tert-OH is 1. The van der Waals surface area contributed by atoms with Crippen molar-refractivity contribution in [2.45, 2.75) is 25.4 Å². The van der Waals surface area contributed by atoms with Gasteiger partial charge in [0.2, 0.25) is 0 Å². The Morgan fingerprint density at radius 3 is 2.95 bits per heavy atom. The normalized spacial score (nSPS) is 22.3. The molecule has 2 atom stereocenters. The SMILES string of the molecule is COc1ccc(Cl)cc1C(=O)NCC1CCCC1O. The number of hydrogen-bond acceptors (Lipinski definition) is 3. The van der Waals surface area contributed by atoms with E-state index in [4.69, 9.17) is 16.3 Å². The van der Waals surface area contributed by atoms with E-state index in [1.54, 1.807) is 18.2 Å². The molecule has 0 saturated heterocycles. The molecule has 0 heterocycles. The Bertz CT molecular complexity index is 464. The third-order valence-electron chi connectivity index (χ3n) is 3.55. The highest BCUT2D eigenvalue weighted by Crippen LogP contribution is 2.26. The zero-order valence-electron chi connectivity index (χ0n) is 10.9. The van der Waals surface area contributed by atoms with E-state index in [0.717, 1.165) is 19.3 Å². The van der Waals surface area contributed by atoms with E-state index in [0.29, 0.717) is 22.9 Å². The van der Waals surface area contributed by atoms with Gasteiger partial charge in [-0.1, -0.05) is 18.0 Å². The summed E-state index contributed by atoms with van der Waals surface area (Å²) in [5, 5.41) is 13.0. The van der Waals surface area contributed by atoms with Gasteiger partial charge in [0.05, 0.1) is 18.8 Å². The molecular formula is C14H18ClNO3. The van der Waals surface area contributed by atoms with Crippen molar-refractivity contribution in [1.29, 1.82) is 0 Å². The van der Waals surface area contributed by atoms with Crippen LogP contribution in [0.15, 0.2) is 18.2 Å². The van der Waals surface area contributed by atoms with E-state index in [1.165, 1.54) is 7.11 Å². The van der Waals surface area contributed by atoms with Crippen LogP contribution >= 0.6 is 11.6 Å². The first kappa shape index (κ1) is 14.2. The lowest BCUT2D eigenvalue weighted by Gasteiger charge is -2.16. The van der Waals surface area contributed by atoms with Crippen molar-refractivity contribution in [1.82, 2.24) is 5.32 Å². The van der Waals surface area contributed by atoms with Crippen LogP contribution in [0.4, 0.5) is 0 Å². The lowest BCUT2D eigenvalue weighted by Crippen LogP contribution is -2.32. The minimum absolute atomic E-state index is 0.147. The molecule has 1 aromatic rings. The van der Waals surface area contributed by atoms with Crippen molar-refractivity contribution in [2.24, 2.45) is 5.92 Å². The number of ether oxygens (including phenoxy) is 1. The van der Waals surface area contributed by atoms with Gasteiger partial charge in [-0.2, -0.15) is 0 Å². The standard InChI is InChI=1S/C14H18ClNO3/c1-19-13-6-5-10(15)7-11(13)14(18)16-8-9-3-2-4-12(9)17/h5-7,9,12,17H,2-4,8H2,1H3,(H,16,18). The third kappa shape index (κ3) is 3.39. The van der Waals surface area contributed by atoms with Gasteiger partial charge in [0.15, 0.2) is 0 Å². The van der Waals surface area contributed by atoms with Crippen LogP contribution < -0.4 is 10.1 Å². The Labute approximate surface area is 117 Å². The maximum atomic E-state index is 12.1. The Hall–Kier alpha value is -1.26. The van der Waals surface area contributed by atoms with Gasteiger partial charge in [-0.3, -0.25) is 4.79 Å². The number of rotatable bonds is 4. The zero-order chi connectivity index (χ0) is 13.8. The van der Waals surface area contributed by atoms with Crippen LogP contribution in [0.3, 0.4) is 0 Å². The number of hydrogen-bond donors (Lipinski definition) is 2. The maximum Gasteiger partial charge on any atom is 0.255 e. The smallest absolute Gasteiger partial charge is 0.255 e. The lowest BCUT2D eigenvalue weighted by molar-refractivity contribution is 0.0914. The molecule has 0 bridgehead atoms. The van der Waals surface area contributed by atoms with Crippen molar-refractivity contribution in [3.8, 4) is 5.75 Å². The van der Waals surface area contributed by atoms with E-state index in [-0.39, 0.29) is 17.9 Å². The molecule has 0 radical (unpaired) electrons. The highest BCUT2D eigenvalue weighted by molar-refractivity contribution is 6.31. The number of amides is 1. The minimum Gasteiger partial charge on any atom is -0.496 e. The van der Waals surface area contributed by atoms with Crippen molar-refractivity contribution < 1.29 is 14.6 Å². The van der Waals surface area contributed by atoms with Crippen molar-refractivity contribution >= 4 is 17.5 Å². The second kappa shape index (κ2) is 6.26. The van der Waals surface area contributed by atoms with Crippen molar-refractivity contribution in [2.75, 3.05) is 13.7 Å². The van der Waals surface area contributed by atoms with Crippen LogP contribution in [0.5, 0.6) is 5.75 Å². The summed E-state index contributed by atoms with van der Waals surface area (Å²) in [6.07, 6.45) is 2.48. The van der Waals surface area contributed by atoms with Gasteiger partial charge < -0.3 is 15.2 Å². The zero-order valence-corrected chi connectivity index (χ0v) is 11.6. The number of carbonyl (C=O) groups is 1. The molecule has 1 fully saturated rings. The Balaban J connectivity index is 2.01. The fourth-order valence-electron chi connectivity index (χ4n) is 2.43. The molecule has 1 aromatic carbocycles. The highest BCUT2D eigenvalue weighted by atomic mass is 35.5. The molecule has 2 rings (SSSR count). The van der Waals surface area contributed by atoms with Gasteiger partial charge in [-0.25, -0.2) is 0 Å². The average molecular weight is 284 g/mol. The van der Waals surface area contributed by atoms with Crippen molar-refractivity contribution in [3.63, 3.8) is 0 Å². The predicted molar refractivity (Wildman–Crippen MR) is 73.7 cm³/mol. The van der Waals surface area contributed by atoms with Crippen LogP contribution in [0.25, 0.3) is 0 Å². The van der Waals surface area contributed by atoms with E-state index in [1.807, 2.05) is 0 Å². The summed E-state index contributed by atoms with van der Waals surface area (Å²) in [5.41, 5.74) is 0.419. The molecule has 1 aliphatic carbocycles. The van der Waals surface area contributed by atoms with Gasteiger partial charge in [0, 0.05) is 17.5 Å². The Morgan fingerprint density at radius 1 is 1.53 bits per heavy atom. The number of aliphatic hydroxyl groups is 1. The van der Waals surface area contributed by atoms with Gasteiger partial charge >= 0.3 is 0 Å². The maximum absolute atomic E-state index is 12.1. The van der Waals surface area contributed by atoms with E-state index >= 15 is 0 Å². The largest absolute Gasteiger partial charge is 0.496 e. The van der Waals surface area contributed by atoms with Crippen molar-refractivity contribution in [3.05, 3.63) is 28.8 Å². The minimum atomic E-state index is -0.304. The molecule has 1 amide bonds. The van der Waals surface area contributed by atoms with Crippen LogP contribution in [0.2, 0.25) is 5.02 Å². The second-order valence-corrected chi connectivity index (χ2v) is 5.25. The van der Waals surface area contributed by atoms with E-state index in [9.17, 15) is 9.90 Å². The summed E-state index contributed by atoms with van der Waals surface area (Å²) >= 11 is 5.89. The topological polar surface area (TPSA) is 58.6 Å². The van der Waals surface area contributed by atoms with Gasteiger partial charge in [0.25, 0.3) is 5.91 Å². The molecule has 104 valence electrons. The molecule has 1 saturated carbocycles. The van der Waals surface area contributed by atoms with Crippen LogP contribution in [0.1, 0.15) is 29.6 Å². The molecule has 4 nitrogen and oxygen atoms in total. The number of carbonyl (C=O) groups excluding carboxylic acids is 1. The molecular weight excluding hydrogens is 266 g/mol. The Morgan fingerprint density at radius 2 is 2.32 bits per heavy atom. The number of benzene rings is 1. The predicted octanol–water partition coefficient (Wildman–Crippen LogP) is 2.24. The third-order valence-corrected chi connectivity index (χ3v) is 3.79. The van der Waals surface area contributed by atoms with Gasteiger partial charge in [-0.05, 0) is 31.0 Å². The molecule has 2 unspecified atom stereocenters. The summed E-state index contributed by atoms with van der Waals surface area (Å²) in [4.78, 5) is 12.1. The summed E-state index contributed by atoms with van der Waals surface area (Å²) in [6, 6.07) is 4.93. The number of methoxy groups -OCH3 is 1. The monoisotopic (exact) mass is 283 g/mol. The lowest BCUT2D eigenvalue weighted by atomic mass is 10.1. The van der Waals surface area contributed by atoms with Crippen LogP contribution in [-0.4, -0.2) is 30.8 Å². The fourth-order valence-corrected chi connectivity index (χ4v) is 2.60. The molecule has 2 N–H and O–H groups in total. The van der Waals surface area contributed by atoms with Gasteiger partial charge in [-0.15, -0.1) is 0 Å². The van der Waals surface area contributed by atoms with E-state index < -0.39 is 0 Å². The van der Waals surface area contributed by atoms with Gasteiger partial charge in [0.1, 0.15) is 5.75 Å².